The van der Waals surface area contributed by atoms with Crippen molar-refractivity contribution >= 4 is 10.8 Å². The lowest BCUT2D eigenvalue weighted by atomic mass is 9.86. The normalized spacial score (nSPS) is 12.5. The molecule has 0 aliphatic carbocycles. The molecule has 0 nitrogen and oxygen atoms in total. The van der Waals surface area contributed by atoms with E-state index in [9.17, 15) is 0 Å². The first-order valence-corrected chi connectivity index (χ1v) is 7.34. The SMILES string of the molecule is CCC(c1ccc(C)cc1)c1cccc2ccccc12. The molecule has 3 rings (SSSR count). The van der Waals surface area contributed by atoms with Gasteiger partial charge in [-0.3, -0.25) is 0 Å². The van der Waals surface area contributed by atoms with Crippen LogP contribution in [-0.2, 0) is 0 Å². The molecule has 0 heteroatoms. The number of fused-ring (bicyclic) bond motifs is 1. The fourth-order valence-electron chi connectivity index (χ4n) is 2.99. The summed E-state index contributed by atoms with van der Waals surface area (Å²) in [5.41, 5.74) is 4.17. The van der Waals surface area contributed by atoms with Gasteiger partial charge in [-0.25, -0.2) is 0 Å². The Balaban J connectivity index is 2.14. The molecule has 0 bridgehead atoms. The van der Waals surface area contributed by atoms with Gasteiger partial charge in [0, 0.05) is 5.92 Å². The van der Waals surface area contributed by atoms with Crippen molar-refractivity contribution in [1.82, 2.24) is 0 Å². The molecule has 0 radical (unpaired) electrons. The van der Waals surface area contributed by atoms with Crippen LogP contribution in [-0.4, -0.2) is 0 Å². The molecule has 0 saturated carbocycles. The van der Waals surface area contributed by atoms with Crippen molar-refractivity contribution in [2.75, 3.05) is 0 Å². The Hall–Kier alpha value is -2.08. The van der Waals surface area contributed by atoms with Crippen LogP contribution in [0.2, 0.25) is 0 Å². The quantitative estimate of drug-likeness (QED) is 0.567. The van der Waals surface area contributed by atoms with Gasteiger partial charge in [-0.15, -0.1) is 0 Å². The molecule has 0 fully saturated rings. The smallest absolute Gasteiger partial charge is 0.00928 e. The predicted molar refractivity (Wildman–Crippen MR) is 87.3 cm³/mol. The molecule has 0 aliphatic heterocycles. The maximum Gasteiger partial charge on any atom is 0.00928 e. The molecule has 0 amide bonds. The summed E-state index contributed by atoms with van der Waals surface area (Å²) in [4.78, 5) is 0. The maximum absolute atomic E-state index is 2.27. The van der Waals surface area contributed by atoms with Gasteiger partial charge in [0.15, 0.2) is 0 Å². The van der Waals surface area contributed by atoms with E-state index in [0.29, 0.717) is 5.92 Å². The Morgan fingerprint density at radius 2 is 1.50 bits per heavy atom. The second kappa shape index (κ2) is 5.50. The van der Waals surface area contributed by atoms with Crippen LogP contribution in [0.15, 0.2) is 66.7 Å². The summed E-state index contributed by atoms with van der Waals surface area (Å²) in [6.45, 7) is 4.41. The number of hydrogen-bond donors (Lipinski definition) is 0. The molecule has 0 spiro atoms. The molecule has 0 N–H and O–H groups in total. The summed E-state index contributed by atoms with van der Waals surface area (Å²) >= 11 is 0. The third-order valence-electron chi connectivity index (χ3n) is 4.09. The van der Waals surface area contributed by atoms with Gasteiger partial charge >= 0.3 is 0 Å². The van der Waals surface area contributed by atoms with E-state index >= 15 is 0 Å². The number of rotatable bonds is 3. The van der Waals surface area contributed by atoms with Crippen LogP contribution in [0.3, 0.4) is 0 Å². The van der Waals surface area contributed by atoms with Gasteiger partial charge in [0.25, 0.3) is 0 Å². The molecule has 1 atom stereocenters. The molecule has 20 heavy (non-hydrogen) atoms. The minimum Gasteiger partial charge on any atom is -0.0645 e. The van der Waals surface area contributed by atoms with Gasteiger partial charge in [0.05, 0.1) is 0 Å². The average Bonchev–Trinajstić information content (AvgIpc) is 2.50. The van der Waals surface area contributed by atoms with E-state index in [1.165, 1.54) is 27.5 Å². The third-order valence-corrected chi connectivity index (χ3v) is 4.09. The summed E-state index contributed by atoms with van der Waals surface area (Å²) in [6.07, 6.45) is 1.12. The van der Waals surface area contributed by atoms with Crippen LogP contribution in [0.4, 0.5) is 0 Å². The highest BCUT2D eigenvalue weighted by Crippen LogP contribution is 2.33. The zero-order valence-corrected chi connectivity index (χ0v) is 12.1. The average molecular weight is 260 g/mol. The first kappa shape index (κ1) is 12.9. The number of aryl methyl sites for hydroxylation is 1. The summed E-state index contributed by atoms with van der Waals surface area (Å²) in [7, 11) is 0. The highest BCUT2D eigenvalue weighted by atomic mass is 14.2. The van der Waals surface area contributed by atoms with Crippen molar-refractivity contribution in [3.63, 3.8) is 0 Å². The van der Waals surface area contributed by atoms with Crippen LogP contribution in [0.5, 0.6) is 0 Å². The first-order valence-electron chi connectivity index (χ1n) is 7.34. The Kier molecular flexibility index (Phi) is 3.56. The zero-order chi connectivity index (χ0) is 13.9. The second-order valence-corrected chi connectivity index (χ2v) is 5.44. The van der Waals surface area contributed by atoms with Crippen molar-refractivity contribution in [3.8, 4) is 0 Å². The van der Waals surface area contributed by atoms with Crippen molar-refractivity contribution in [3.05, 3.63) is 83.4 Å². The Morgan fingerprint density at radius 1 is 0.800 bits per heavy atom. The molecular weight excluding hydrogens is 240 g/mol. The summed E-state index contributed by atoms with van der Waals surface area (Å²) in [5, 5.41) is 2.71. The van der Waals surface area contributed by atoms with Crippen LogP contribution in [0, 0.1) is 6.92 Å². The Bertz CT molecular complexity index is 702. The van der Waals surface area contributed by atoms with E-state index in [0.717, 1.165) is 6.42 Å². The molecule has 1 unspecified atom stereocenters. The second-order valence-electron chi connectivity index (χ2n) is 5.44. The Labute approximate surface area is 121 Å². The topological polar surface area (TPSA) is 0 Å². The highest BCUT2D eigenvalue weighted by molar-refractivity contribution is 5.86. The summed E-state index contributed by atoms with van der Waals surface area (Å²) < 4.78 is 0. The largest absolute Gasteiger partial charge is 0.0645 e. The van der Waals surface area contributed by atoms with Gasteiger partial charge in [-0.2, -0.15) is 0 Å². The number of hydrogen-bond acceptors (Lipinski definition) is 0. The third kappa shape index (κ3) is 2.34. The minimum atomic E-state index is 0.474. The molecular formula is C20H20. The van der Waals surface area contributed by atoms with Crippen molar-refractivity contribution in [1.29, 1.82) is 0 Å². The van der Waals surface area contributed by atoms with Crippen molar-refractivity contribution in [2.24, 2.45) is 0 Å². The van der Waals surface area contributed by atoms with Crippen molar-refractivity contribution < 1.29 is 0 Å². The monoisotopic (exact) mass is 260 g/mol. The Morgan fingerprint density at radius 3 is 2.25 bits per heavy atom. The highest BCUT2D eigenvalue weighted by Gasteiger charge is 2.14. The van der Waals surface area contributed by atoms with Crippen LogP contribution < -0.4 is 0 Å². The van der Waals surface area contributed by atoms with Crippen LogP contribution in [0.25, 0.3) is 10.8 Å². The molecule has 3 aromatic rings. The van der Waals surface area contributed by atoms with E-state index in [-0.39, 0.29) is 0 Å². The lowest BCUT2D eigenvalue weighted by molar-refractivity contribution is 0.783. The van der Waals surface area contributed by atoms with E-state index in [1.807, 2.05) is 0 Å². The van der Waals surface area contributed by atoms with E-state index in [4.69, 9.17) is 0 Å². The van der Waals surface area contributed by atoms with Gasteiger partial charge < -0.3 is 0 Å². The molecule has 0 aliphatic rings. The van der Waals surface area contributed by atoms with Crippen molar-refractivity contribution in [2.45, 2.75) is 26.2 Å². The molecule has 0 saturated heterocycles. The number of benzene rings is 3. The van der Waals surface area contributed by atoms with Gasteiger partial charge in [-0.1, -0.05) is 79.2 Å². The van der Waals surface area contributed by atoms with Gasteiger partial charge in [0.2, 0.25) is 0 Å². The summed E-state index contributed by atoms with van der Waals surface area (Å²) in [5.74, 6) is 0.474. The minimum absolute atomic E-state index is 0.474. The first-order chi connectivity index (χ1) is 9.79. The van der Waals surface area contributed by atoms with E-state index in [1.54, 1.807) is 0 Å². The summed E-state index contributed by atoms with van der Waals surface area (Å²) in [6, 6.07) is 24.3. The fraction of sp³-hybridized carbons (Fsp3) is 0.200. The molecule has 0 aromatic heterocycles. The lowest BCUT2D eigenvalue weighted by Crippen LogP contribution is -2.00. The van der Waals surface area contributed by atoms with Gasteiger partial charge in [0.1, 0.15) is 0 Å². The lowest BCUT2D eigenvalue weighted by Gasteiger charge is -2.18. The van der Waals surface area contributed by atoms with E-state index in [2.05, 4.69) is 80.6 Å². The molecule has 3 aromatic carbocycles. The standard InChI is InChI=1S/C20H20/c1-3-18(17-13-11-15(2)12-14-17)20-10-6-8-16-7-4-5-9-19(16)20/h4-14,18H,3H2,1-2H3. The fourth-order valence-corrected chi connectivity index (χ4v) is 2.99. The van der Waals surface area contributed by atoms with E-state index < -0.39 is 0 Å². The zero-order valence-electron chi connectivity index (χ0n) is 12.1. The van der Waals surface area contributed by atoms with Crippen LogP contribution >= 0.6 is 0 Å². The molecule has 100 valence electrons. The predicted octanol–water partition coefficient (Wildman–Crippen LogP) is 5.69. The van der Waals surface area contributed by atoms with Gasteiger partial charge in [-0.05, 0) is 35.2 Å². The van der Waals surface area contributed by atoms with Crippen LogP contribution in [0.1, 0.15) is 36.0 Å². The maximum atomic E-state index is 2.27. The molecule has 0 heterocycles.